The Hall–Kier alpha value is -1.23. The molecule has 0 radical (unpaired) electrons. The van der Waals surface area contributed by atoms with E-state index in [0.29, 0.717) is 0 Å². The molecule has 0 saturated heterocycles. The zero-order valence-corrected chi connectivity index (χ0v) is 9.35. The Morgan fingerprint density at radius 2 is 1.93 bits per heavy atom. The van der Waals surface area contributed by atoms with Gasteiger partial charge in [-0.1, -0.05) is 0 Å². The predicted octanol–water partition coefficient (Wildman–Crippen LogP) is 2.91. The van der Waals surface area contributed by atoms with Gasteiger partial charge >= 0.3 is 5.97 Å². The summed E-state index contributed by atoms with van der Waals surface area (Å²) < 4.78 is 30.1. The monoisotopic (exact) mass is 276 g/mol. The van der Waals surface area contributed by atoms with Crippen LogP contribution in [0.3, 0.4) is 0 Å². The highest BCUT2D eigenvalue weighted by Crippen LogP contribution is 2.21. The Bertz CT molecular complexity index is 393. The van der Waals surface area contributed by atoms with Crippen LogP contribution < -0.4 is 0 Å². The van der Waals surface area contributed by atoms with Crippen LogP contribution in [0, 0.1) is 11.6 Å². The highest BCUT2D eigenvalue weighted by molar-refractivity contribution is 9.10. The molecule has 0 N–H and O–H groups in total. The van der Waals surface area contributed by atoms with Crippen LogP contribution in [-0.2, 0) is 9.53 Å². The van der Waals surface area contributed by atoms with Crippen LogP contribution in [0.25, 0.3) is 6.08 Å². The molecule has 0 unspecified atom stereocenters. The third-order valence-corrected chi connectivity index (χ3v) is 2.38. The molecule has 0 aliphatic heterocycles. The van der Waals surface area contributed by atoms with Gasteiger partial charge in [0.05, 0.1) is 11.6 Å². The molecular weight excluding hydrogens is 270 g/mol. The number of hydrogen-bond acceptors (Lipinski definition) is 2. The lowest BCUT2D eigenvalue weighted by Gasteiger charge is -1.99. The Morgan fingerprint density at radius 3 is 2.40 bits per heavy atom. The van der Waals surface area contributed by atoms with Gasteiger partial charge < -0.3 is 4.74 Å². The minimum atomic E-state index is -0.723. The third kappa shape index (κ3) is 3.13. The van der Waals surface area contributed by atoms with E-state index in [1.54, 1.807) is 0 Å². The van der Waals surface area contributed by atoms with E-state index >= 15 is 0 Å². The van der Waals surface area contributed by atoms with Crippen LogP contribution in [0.4, 0.5) is 8.78 Å². The van der Waals surface area contributed by atoms with Gasteiger partial charge in [-0.15, -0.1) is 0 Å². The van der Waals surface area contributed by atoms with Crippen molar-refractivity contribution in [3.8, 4) is 0 Å². The topological polar surface area (TPSA) is 26.3 Å². The second-order valence-electron chi connectivity index (χ2n) is 2.66. The maximum absolute atomic E-state index is 13.0. The summed E-state index contributed by atoms with van der Waals surface area (Å²) >= 11 is 2.74. The summed E-state index contributed by atoms with van der Waals surface area (Å²) in [7, 11) is 1.22. The summed E-state index contributed by atoms with van der Waals surface area (Å²) in [6, 6.07) is 2.21. The molecule has 0 spiro atoms. The van der Waals surface area contributed by atoms with Gasteiger partial charge in [0.1, 0.15) is 11.6 Å². The smallest absolute Gasteiger partial charge is 0.330 e. The maximum Gasteiger partial charge on any atom is 0.330 e. The molecule has 0 saturated carbocycles. The molecule has 5 heteroatoms. The summed E-state index contributed by atoms with van der Waals surface area (Å²) in [6.45, 7) is 0. The van der Waals surface area contributed by atoms with Crippen LogP contribution in [0.2, 0.25) is 0 Å². The summed E-state index contributed by atoms with van der Waals surface area (Å²) in [5, 5.41) is 0. The summed E-state index contributed by atoms with van der Waals surface area (Å²) in [5.41, 5.74) is 0.249. The Morgan fingerprint density at radius 1 is 1.40 bits per heavy atom. The largest absolute Gasteiger partial charge is 0.466 e. The quantitative estimate of drug-likeness (QED) is 0.472. The molecule has 0 bridgehead atoms. The number of benzene rings is 1. The van der Waals surface area contributed by atoms with E-state index in [4.69, 9.17) is 0 Å². The number of methoxy groups -OCH3 is 1. The van der Waals surface area contributed by atoms with Gasteiger partial charge in [-0.05, 0) is 39.7 Å². The highest BCUT2D eigenvalue weighted by atomic mass is 79.9. The molecule has 0 atom stereocenters. The molecule has 80 valence electrons. The Kier molecular flexibility index (Phi) is 3.96. The Balaban J connectivity index is 2.97. The second-order valence-corrected chi connectivity index (χ2v) is 3.45. The lowest BCUT2D eigenvalue weighted by molar-refractivity contribution is -0.134. The predicted molar refractivity (Wildman–Crippen MR) is 55.1 cm³/mol. The first-order valence-corrected chi connectivity index (χ1v) is 4.74. The fourth-order valence-electron chi connectivity index (χ4n) is 0.904. The van der Waals surface area contributed by atoms with Crippen molar-refractivity contribution in [1.82, 2.24) is 0 Å². The van der Waals surface area contributed by atoms with Gasteiger partial charge in [0.15, 0.2) is 0 Å². The average molecular weight is 277 g/mol. The zero-order chi connectivity index (χ0) is 11.4. The Labute approximate surface area is 93.7 Å². The van der Waals surface area contributed by atoms with Crippen LogP contribution in [0.5, 0.6) is 0 Å². The van der Waals surface area contributed by atoms with Crippen molar-refractivity contribution in [1.29, 1.82) is 0 Å². The minimum Gasteiger partial charge on any atom is -0.466 e. The molecule has 0 aromatic heterocycles. The molecule has 15 heavy (non-hydrogen) atoms. The molecule has 1 aromatic carbocycles. The van der Waals surface area contributed by atoms with Crippen molar-refractivity contribution >= 4 is 28.0 Å². The van der Waals surface area contributed by atoms with E-state index in [1.807, 2.05) is 0 Å². The van der Waals surface area contributed by atoms with E-state index in [1.165, 1.54) is 13.2 Å². The molecule has 2 nitrogen and oxygen atoms in total. The third-order valence-electron chi connectivity index (χ3n) is 1.62. The molecule has 0 aliphatic rings. The fraction of sp³-hybridized carbons (Fsp3) is 0.100. The number of esters is 1. The van der Waals surface area contributed by atoms with Crippen molar-refractivity contribution in [2.75, 3.05) is 7.11 Å². The number of carbonyl (C=O) groups excluding carboxylic acids is 1. The first kappa shape index (κ1) is 11.8. The van der Waals surface area contributed by atoms with E-state index in [0.717, 1.165) is 18.2 Å². The average Bonchev–Trinajstić information content (AvgIpc) is 2.22. The van der Waals surface area contributed by atoms with Gasteiger partial charge in [0.25, 0.3) is 0 Å². The summed E-state index contributed by atoms with van der Waals surface area (Å²) in [6.07, 6.45) is 2.35. The SMILES string of the molecule is COC(=O)C=Cc1cc(F)c(Br)c(F)c1. The van der Waals surface area contributed by atoms with Crippen molar-refractivity contribution in [2.24, 2.45) is 0 Å². The van der Waals surface area contributed by atoms with Crippen molar-refractivity contribution in [2.45, 2.75) is 0 Å². The molecule has 1 rings (SSSR count). The zero-order valence-electron chi connectivity index (χ0n) is 7.76. The van der Waals surface area contributed by atoms with Gasteiger partial charge in [-0.2, -0.15) is 0 Å². The van der Waals surface area contributed by atoms with Crippen LogP contribution in [0.1, 0.15) is 5.56 Å². The van der Waals surface area contributed by atoms with E-state index in [-0.39, 0.29) is 10.0 Å². The van der Waals surface area contributed by atoms with Gasteiger partial charge in [-0.3, -0.25) is 0 Å². The van der Waals surface area contributed by atoms with Crippen LogP contribution in [0.15, 0.2) is 22.7 Å². The standard InChI is InChI=1S/C10H7BrF2O2/c1-15-9(14)3-2-6-4-7(12)10(11)8(13)5-6/h2-5H,1H3. The van der Waals surface area contributed by atoms with Gasteiger partial charge in [0, 0.05) is 6.08 Å². The van der Waals surface area contributed by atoms with E-state index < -0.39 is 17.6 Å². The first-order chi connectivity index (χ1) is 7.04. The van der Waals surface area contributed by atoms with Gasteiger partial charge in [0.2, 0.25) is 0 Å². The summed E-state index contributed by atoms with van der Waals surface area (Å²) in [4.78, 5) is 10.7. The summed E-state index contributed by atoms with van der Waals surface area (Å²) in [5.74, 6) is -2.03. The highest BCUT2D eigenvalue weighted by Gasteiger charge is 2.06. The van der Waals surface area contributed by atoms with Gasteiger partial charge in [-0.25, -0.2) is 13.6 Å². The van der Waals surface area contributed by atoms with Crippen molar-refractivity contribution < 1.29 is 18.3 Å². The molecule has 0 heterocycles. The number of ether oxygens (including phenoxy) is 1. The first-order valence-electron chi connectivity index (χ1n) is 3.95. The van der Waals surface area contributed by atoms with Crippen LogP contribution in [-0.4, -0.2) is 13.1 Å². The van der Waals surface area contributed by atoms with E-state index in [9.17, 15) is 13.6 Å². The van der Waals surface area contributed by atoms with Crippen molar-refractivity contribution in [3.05, 3.63) is 39.9 Å². The lowest BCUT2D eigenvalue weighted by atomic mass is 10.2. The van der Waals surface area contributed by atoms with E-state index in [2.05, 4.69) is 20.7 Å². The molecular formula is C10H7BrF2O2. The van der Waals surface area contributed by atoms with Crippen LogP contribution >= 0.6 is 15.9 Å². The van der Waals surface area contributed by atoms with Crippen molar-refractivity contribution in [3.63, 3.8) is 0 Å². The number of halogens is 3. The number of hydrogen-bond donors (Lipinski definition) is 0. The molecule has 0 amide bonds. The number of rotatable bonds is 2. The molecule has 1 aromatic rings. The molecule has 0 fully saturated rings. The number of carbonyl (C=O) groups is 1. The fourth-order valence-corrected chi connectivity index (χ4v) is 1.13. The lowest BCUT2D eigenvalue weighted by Crippen LogP contribution is -1.93. The minimum absolute atomic E-state index is 0.224. The normalized spacial score (nSPS) is 10.7. The second kappa shape index (κ2) is 5.02. The molecule has 0 aliphatic carbocycles. The maximum atomic E-state index is 13.0.